The molecule has 0 radical (unpaired) electrons. The highest BCUT2D eigenvalue weighted by atomic mass is 19.1. The number of halogens is 1. The molecule has 1 saturated carbocycles. The smallest absolute Gasteiger partial charge is 0.230 e. The molecule has 0 saturated heterocycles. The number of benzene rings is 2. The van der Waals surface area contributed by atoms with Crippen LogP contribution < -0.4 is 10.1 Å². The summed E-state index contributed by atoms with van der Waals surface area (Å²) in [5, 5.41) is 3.18. The molecule has 3 rings (SSSR count). The maximum atomic E-state index is 13.4. The molecule has 0 spiro atoms. The Bertz CT molecular complexity index is 781. The van der Waals surface area contributed by atoms with Crippen LogP contribution in [0.25, 0.3) is 0 Å². The molecule has 2 aromatic carbocycles. The Labute approximate surface area is 166 Å². The van der Waals surface area contributed by atoms with Gasteiger partial charge in [0.15, 0.2) is 0 Å². The summed E-state index contributed by atoms with van der Waals surface area (Å²) < 4.78 is 18.6. The molecule has 0 bridgehead atoms. The van der Waals surface area contributed by atoms with Crippen LogP contribution >= 0.6 is 0 Å². The molecule has 1 fully saturated rings. The molecule has 0 aliphatic heterocycles. The van der Waals surface area contributed by atoms with Crippen molar-refractivity contribution in [1.29, 1.82) is 0 Å². The molecular formula is C23H29FN2O2. The number of likely N-dealkylation sites (N-methyl/N-ethyl adjacent to an activating group) is 1. The molecule has 1 aliphatic rings. The van der Waals surface area contributed by atoms with Gasteiger partial charge in [0.2, 0.25) is 5.91 Å². The lowest BCUT2D eigenvalue weighted by Crippen LogP contribution is -2.45. The summed E-state index contributed by atoms with van der Waals surface area (Å²) >= 11 is 0. The van der Waals surface area contributed by atoms with Gasteiger partial charge in [-0.2, -0.15) is 0 Å². The van der Waals surface area contributed by atoms with Crippen molar-refractivity contribution < 1.29 is 13.9 Å². The highest BCUT2D eigenvalue weighted by Gasteiger charge is 2.42. The zero-order valence-corrected chi connectivity index (χ0v) is 16.9. The van der Waals surface area contributed by atoms with Gasteiger partial charge in [-0.3, -0.25) is 4.79 Å². The number of carbonyl (C=O) groups excluding carboxylic acids is 1. The summed E-state index contributed by atoms with van der Waals surface area (Å²) in [5.74, 6) is 0.577. The first kappa shape index (κ1) is 20.3. The Kier molecular flexibility index (Phi) is 6.35. The van der Waals surface area contributed by atoms with Gasteiger partial charge in [-0.05, 0) is 62.3 Å². The first-order valence-corrected chi connectivity index (χ1v) is 9.81. The second kappa shape index (κ2) is 8.74. The fourth-order valence-electron chi connectivity index (χ4n) is 4.18. The van der Waals surface area contributed by atoms with Crippen LogP contribution in [-0.4, -0.2) is 38.6 Å². The predicted molar refractivity (Wildman–Crippen MR) is 109 cm³/mol. The van der Waals surface area contributed by atoms with E-state index in [2.05, 4.69) is 10.2 Å². The van der Waals surface area contributed by atoms with Crippen LogP contribution in [0.15, 0.2) is 48.5 Å². The summed E-state index contributed by atoms with van der Waals surface area (Å²) in [6, 6.07) is 14.4. The van der Waals surface area contributed by atoms with Crippen LogP contribution in [0.3, 0.4) is 0 Å². The maximum Gasteiger partial charge on any atom is 0.230 e. The normalized spacial score (nSPS) is 16.8. The number of nitrogens with zero attached hydrogens (tertiary/aromatic N) is 1. The van der Waals surface area contributed by atoms with Crippen LogP contribution in [0, 0.1) is 5.82 Å². The van der Waals surface area contributed by atoms with Crippen molar-refractivity contribution in [2.24, 2.45) is 0 Å². The number of hydrogen-bond acceptors (Lipinski definition) is 3. The van der Waals surface area contributed by atoms with Gasteiger partial charge in [0, 0.05) is 6.54 Å². The zero-order valence-electron chi connectivity index (χ0n) is 16.9. The van der Waals surface area contributed by atoms with Crippen LogP contribution in [0.1, 0.15) is 42.9 Å². The van der Waals surface area contributed by atoms with E-state index in [1.807, 2.05) is 38.4 Å². The van der Waals surface area contributed by atoms with Crippen molar-refractivity contribution in [2.45, 2.75) is 37.1 Å². The molecule has 4 nitrogen and oxygen atoms in total. The number of rotatable bonds is 7. The van der Waals surface area contributed by atoms with Gasteiger partial charge in [-0.1, -0.05) is 37.1 Å². The second-order valence-corrected chi connectivity index (χ2v) is 7.76. The van der Waals surface area contributed by atoms with Crippen LogP contribution in [0.4, 0.5) is 4.39 Å². The third-order valence-electron chi connectivity index (χ3n) is 5.87. The first-order valence-electron chi connectivity index (χ1n) is 9.81. The van der Waals surface area contributed by atoms with E-state index in [-0.39, 0.29) is 17.8 Å². The van der Waals surface area contributed by atoms with Crippen molar-refractivity contribution in [3.8, 4) is 5.75 Å². The standard InChI is InChI=1S/C23H29FN2O2/c1-26(2)21(17-6-12-20(28-3)13-7-17)16-25-22(27)23(14-4-5-15-23)18-8-10-19(24)11-9-18/h6-13,21H,4-5,14-16H2,1-3H3,(H,25,27). The minimum atomic E-state index is -0.551. The van der Waals surface area contributed by atoms with E-state index in [9.17, 15) is 9.18 Å². The number of carbonyl (C=O) groups is 1. The highest BCUT2D eigenvalue weighted by Crippen LogP contribution is 2.41. The van der Waals surface area contributed by atoms with E-state index in [0.717, 1.165) is 42.6 Å². The summed E-state index contributed by atoms with van der Waals surface area (Å²) in [6.07, 6.45) is 3.64. The Balaban J connectivity index is 1.76. The molecule has 1 aliphatic carbocycles. The topological polar surface area (TPSA) is 41.6 Å². The predicted octanol–water partition coefficient (Wildman–Crippen LogP) is 4.07. The van der Waals surface area contributed by atoms with Crippen molar-refractivity contribution >= 4 is 5.91 Å². The van der Waals surface area contributed by atoms with Crippen LogP contribution in [0.2, 0.25) is 0 Å². The average Bonchev–Trinajstić information content (AvgIpc) is 3.20. The van der Waals surface area contributed by atoms with E-state index in [0.29, 0.717) is 6.54 Å². The van der Waals surface area contributed by atoms with Gasteiger partial charge >= 0.3 is 0 Å². The van der Waals surface area contributed by atoms with Crippen LogP contribution in [-0.2, 0) is 10.2 Å². The van der Waals surface area contributed by atoms with E-state index in [1.165, 1.54) is 12.1 Å². The molecule has 1 N–H and O–H groups in total. The Morgan fingerprint density at radius 3 is 2.25 bits per heavy atom. The van der Waals surface area contributed by atoms with Crippen molar-refractivity contribution in [3.63, 3.8) is 0 Å². The largest absolute Gasteiger partial charge is 0.497 e. The molecule has 0 heterocycles. The minimum absolute atomic E-state index is 0.0389. The molecule has 5 heteroatoms. The fourth-order valence-corrected chi connectivity index (χ4v) is 4.18. The second-order valence-electron chi connectivity index (χ2n) is 7.76. The number of amides is 1. The fraction of sp³-hybridized carbons (Fsp3) is 0.435. The highest BCUT2D eigenvalue weighted by molar-refractivity contribution is 5.88. The van der Waals surface area contributed by atoms with Gasteiger partial charge in [-0.25, -0.2) is 4.39 Å². The van der Waals surface area contributed by atoms with E-state index in [4.69, 9.17) is 4.74 Å². The first-order chi connectivity index (χ1) is 13.5. The van der Waals surface area contributed by atoms with Gasteiger partial charge in [0.05, 0.1) is 18.6 Å². The third kappa shape index (κ3) is 4.20. The average molecular weight is 384 g/mol. The number of nitrogens with one attached hydrogen (secondary N) is 1. The molecule has 2 aromatic rings. The monoisotopic (exact) mass is 384 g/mol. The molecule has 1 atom stereocenters. The summed E-state index contributed by atoms with van der Waals surface area (Å²) in [7, 11) is 5.66. The zero-order chi connectivity index (χ0) is 20.1. The Morgan fingerprint density at radius 2 is 1.71 bits per heavy atom. The van der Waals surface area contributed by atoms with Crippen LogP contribution in [0.5, 0.6) is 5.75 Å². The SMILES string of the molecule is COc1ccc(C(CNC(=O)C2(c3ccc(F)cc3)CCCC2)N(C)C)cc1. The van der Waals surface area contributed by atoms with Gasteiger partial charge in [0.25, 0.3) is 0 Å². The molecule has 150 valence electrons. The lowest BCUT2D eigenvalue weighted by molar-refractivity contribution is -0.126. The third-order valence-corrected chi connectivity index (χ3v) is 5.87. The molecule has 1 amide bonds. The van der Waals surface area contributed by atoms with Crippen molar-refractivity contribution in [1.82, 2.24) is 10.2 Å². The summed E-state index contributed by atoms with van der Waals surface area (Å²) in [6.45, 7) is 0.515. The summed E-state index contributed by atoms with van der Waals surface area (Å²) in [4.78, 5) is 15.4. The number of ether oxygens (including phenoxy) is 1. The molecule has 0 aromatic heterocycles. The van der Waals surface area contributed by atoms with E-state index >= 15 is 0 Å². The van der Waals surface area contributed by atoms with Crippen molar-refractivity contribution in [3.05, 3.63) is 65.5 Å². The Morgan fingerprint density at radius 1 is 1.11 bits per heavy atom. The molecular weight excluding hydrogens is 355 g/mol. The lowest BCUT2D eigenvalue weighted by atomic mass is 9.78. The number of hydrogen-bond donors (Lipinski definition) is 1. The van der Waals surface area contributed by atoms with Crippen molar-refractivity contribution in [2.75, 3.05) is 27.7 Å². The van der Waals surface area contributed by atoms with Gasteiger partial charge < -0.3 is 15.0 Å². The van der Waals surface area contributed by atoms with Gasteiger partial charge in [0.1, 0.15) is 11.6 Å². The molecule has 28 heavy (non-hydrogen) atoms. The lowest BCUT2D eigenvalue weighted by Gasteiger charge is -2.31. The Hall–Kier alpha value is -2.40. The quantitative estimate of drug-likeness (QED) is 0.783. The minimum Gasteiger partial charge on any atom is -0.497 e. The van der Waals surface area contributed by atoms with E-state index in [1.54, 1.807) is 19.2 Å². The molecule has 1 unspecified atom stereocenters. The van der Waals surface area contributed by atoms with Gasteiger partial charge in [-0.15, -0.1) is 0 Å². The van der Waals surface area contributed by atoms with E-state index < -0.39 is 5.41 Å². The maximum absolute atomic E-state index is 13.4. The number of methoxy groups -OCH3 is 1. The summed E-state index contributed by atoms with van der Waals surface area (Å²) in [5.41, 5.74) is 1.48.